The van der Waals surface area contributed by atoms with Gasteiger partial charge in [-0.1, -0.05) is 54.6 Å². The molecule has 17 heavy (non-hydrogen) atoms. The van der Waals surface area contributed by atoms with Crippen LogP contribution in [0.2, 0.25) is 0 Å². The van der Waals surface area contributed by atoms with E-state index in [2.05, 4.69) is 60.9 Å². The molecule has 1 aromatic rings. The van der Waals surface area contributed by atoms with Gasteiger partial charge in [0.05, 0.1) is 7.05 Å². The number of likely N-dealkylation sites (N-methyl/N-ethyl adjacent to an activating group) is 1. The first-order chi connectivity index (χ1) is 7.88. The summed E-state index contributed by atoms with van der Waals surface area (Å²) in [5, 5.41) is 2.20. The average molecular weight is 248 g/mol. The Morgan fingerprint density at radius 2 is 1.94 bits per heavy atom. The molecule has 0 aromatic heterocycles. The van der Waals surface area contributed by atoms with Gasteiger partial charge in [0.25, 0.3) is 0 Å². The standard InChI is InChI=1S/C15H17N.ClH/c1-16-12-15-9-7-14(8-10-15)11-13-5-3-2-4-6-13;/h2-7,9-11,16H,8,12H2,1H3;1H. The van der Waals surface area contributed by atoms with Crippen LogP contribution in [0.3, 0.4) is 0 Å². The van der Waals surface area contributed by atoms with E-state index in [1.165, 1.54) is 16.7 Å². The zero-order valence-corrected chi connectivity index (χ0v) is 10.8. The molecule has 0 saturated heterocycles. The molecule has 1 nitrogen and oxygen atoms in total. The maximum absolute atomic E-state index is 2.31. The molecule has 90 valence electrons. The third-order valence-corrected chi connectivity index (χ3v) is 2.70. The molecule has 0 unspecified atom stereocenters. The van der Waals surface area contributed by atoms with Crippen molar-refractivity contribution < 1.29 is 17.7 Å². The number of rotatable bonds is 3. The van der Waals surface area contributed by atoms with Crippen LogP contribution in [0.4, 0.5) is 0 Å². The molecule has 1 aromatic carbocycles. The Hall–Kier alpha value is -1.31. The molecule has 0 spiro atoms. The number of hydrogen-bond acceptors (Lipinski definition) is 0. The van der Waals surface area contributed by atoms with Crippen LogP contribution in [0.5, 0.6) is 0 Å². The Labute approximate surface area is 109 Å². The van der Waals surface area contributed by atoms with Gasteiger partial charge in [0.2, 0.25) is 0 Å². The van der Waals surface area contributed by atoms with Crippen molar-refractivity contribution in [1.82, 2.24) is 0 Å². The van der Waals surface area contributed by atoms with Crippen LogP contribution in [0.1, 0.15) is 12.0 Å². The van der Waals surface area contributed by atoms with E-state index in [0.717, 1.165) is 13.0 Å². The summed E-state index contributed by atoms with van der Waals surface area (Å²) in [5.41, 5.74) is 4.08. The van der Waals surface area contributed by atoms with E-state index in [9.17, 15) is 0 Å². The highest BCUT2D eigenvalue weighted by Crippen LogP contribution is 2.17. The van der Waals surface area contributed by atoms with Gasteiger partial charge in [0.15, 0.2) is 0 Å². The highest BCUT2D eigenvalue weighted by molar-refractivity contribution is 5.57. The van der Waals surface area contributed by atoms with Crippen LogP contribution in [0.15, 0.2) is 59.7 Å². The number of hydrogen-bond donors (Lipinski definition) is 1. The SMILES string of the molecule is C[NH2+]CC1=CCC(=Cc2ccccc2)C=C1.[Cl-]. The predicted molar refractivity (Wildman–Crippen MR) is 69.0 cm³/mol. The van der Waals surface area contributed by atoms with Crippen molar-refractivity contribution in [2.75, 3.05) is 13.6 Å². The molecule has 0 aliphatic heterocycles. The smallest absolute Gasteiger partial charge is 0.101 e. The first kappa shape index (κ1) is 13.8. The summed E-state index contributed by atoms with van der Waals surface area (Å²) in [6.45, 7) is 1.08. The van der Waals surface area contributed by atoms with Gasteiger partial charge in [-0.25, -0.2) is 0 Å². The third-order valence-electron chi connectivity index (χ3n) is 2.70. The van der Waals surface area contributed by atoms with Crippen molar-refractivity contribution >= 4 is 6.08 Å². The Bertz CT molecular complexity index is 429. The molecule has 0 heterocycles. The summed E-state index contributed by atoms with van der Waals surface area (Å²) < 4.78 is 0. The fraction of sp³-hybridized carbons (Fsp3) is 0.200. The van der Waals surface area contributed by atoms with Gasteiger partial charge in [-0.3, -0.25) is 0 Å². The maximum atomic E-state index is 2.31. The summed E-state index contributed by atoms with van der Waals surface area (Å²) in [5.74, 6) is 0. The lowest BCUT2D eigenvalue weighted by atomic mass is 10.00. The lowest BCUT2D eigenvalue weighted by Gasteiger charge is -2.07. The fourth-order valence-electron chi connectivity index (χ4n) is 1.86. The summed E-state index contributed by atoms with van der Waals surface area (Å²) in [7, 11) is 2.10. The van der Waals surface area contributed by atoms with E-state index < -0.39 is 0 Å². The normalized spacial score (nSPS) is 16.5. The van der Waals surface area contributed by atoms with Crippen molar-refractivity contribution in [3.05, 3.63) is 65.3 Å². The number of nitrogens with two attached hydrogens (primary N) is 1. The van der Waals surface area contributed by atoms with Gasteiger partial charge >= 0.3 is 0 Å². The molecule has 0 saturated carbocycles. The van der Waals surface area contributed by atoms with Crippen LogP contribution >= 0.6 is 0 Å². The van der Waals surface area contributed by atoms with Gasteiger partial charge in [0.1, 0.15) is 6.54 Å². The molecule has 0 atom stereocenters. The van der Waals surface area contributed by atoms with Gasteiger partial charge in [0, 0.05) is 5.57 Å². The Kier molecular flexibility index (Phi) is 5.75. The molecule has 1 aliphatic carbocycles. The summed E-state index contributed by atoms with van der Waals surface area (Å²) in [6.07, 6.45) is 10.1. The number of quaternary nitrogens is 1. The van der Waals surface area contributed by atoms with Gasteiger partial charge < -0.3 is 17.7 Å². The molecule has 0 radical (unpaired) electrons. The zero-order valence-electron chi connectivity index (χ0n) is 10.1. The summed E-state index contributed by atoms with van der Waals surface area (Å²) in [4.78, 5) is 0. The molecular formula is C15H18ClN. The van der Waals surface area contributed by atoms with Crippen LogP contribution in [-0.2, 0) is 0 Å². The Morgan fingerprint density at radius 3 is 2.53 bits per heavy atom. The van der Waals surface area contributed by atoms with Crippen LogP contribution in [0.25, 0.3) is 6.08 Å². The highest BCUT2D eigenvalue weighted by Gasteiger charge is 2.01. The van der Waals surface area contributed by atoms with Crippen molar-refractivity contribution in [2.24, 2.45) is 0 Å². The minimum Gasteiger partial charge on any atom is -1.00 e. The van der Waals surface area contributed by atoms with Gasteiger partial charge in [-0.2, -0.15) is 0 Å². The van der Waals surface area contributed by atoms with Crippen LogP contribution in [-0.4, -0.2) is 13.6 Å². The van der Waals surface area contributed by atoms with Crippen molar-refractivity contribution in [3.63, 3.8) is 0 Å². The third kappa shape index (κ3) is 4.22. The number of allylic oxidation sites excluding steroid dienone is 3. The van der Waals surface area contributed by atoms with E-state index in [-0.39, 0.29) is 12.4 Å². The first-order valence-corrected chi connectivity index (χ1v) is 5.79. The largest absolute Gasteiger partial charge is 1.00 e. The quantitative estimate of drug-likeness (QED) is 0.717. The van der Waals surface area contributed by atoms with Crippen molar-refractivity contribution in [2.45, 2.75) is 6.42 Å². The van der Waals surface area contributed by atoms with E-state index in [4.69, 9.17) is 0 Å². The zero-order chi connectivity index (χ0) is 11.2. The molecule has 2 rings (SSSR count). The lowest BCUT2D eigenvalue weighted by Crippen LogP contribution is -3.00. The summed E-state index contributed by atoms with van der Waals surface area (Å²) in [6, 6.07) is 10.5. The molecule has 0 amide bonds. The highest BCUT2D eigenvalue weighted by atomic mass is 35.5. The Morgan fingerprint density at radius 1 is 1.18 bits per heavy atom. The second kappa shape index (κ2) is 7.10. The number of halogens is 1. The van der Waals surface area contributed by atoms with Crippen molar-refractivity contribution in [3.8, 4) is 0 Å². The molecule has 0 fully saturated rings. The van der Waals surface area contributed by atoms with E-state index in [1.807, 2.05) is 6.07 Å². The fourth-order valence-corrected chi connectivity index (χ4v) is 1.86. The minimum absolute atomic E-state index is 0. The van der Waals surface area contributed by atoms with Gasteiger partial charge in [-0.15, -0.1) is 0 Å². The van der Waals surface area contributed by atoms with Crippen LogP contribution < -0.4 is 17.7 Å². The van der Waals surface area contributed by atoms with E-state index >= 15 is 0 Å². The topological polar surface area (TPSA) is 16.6 Å². The molecule has 2 heteroatoms. The first-order valence-electron chi connectivity index (χ1n) is 5.79. The molecular weight excluding hydrogens is 230 g/mol. The van der Waals surface area contributed by atoms with E-state index in [0.29, 0.717) is 0 Å². The minimum atomic E-state index is 0. The maximum Gasteiger partial charge on any atom is 0.101 e. The second-order valence-corrected chi connectivity index (χ2v) is 4.06. The average Bonchev–Trinajstić information content (AvgIpc) is 2.33. The van der Waals surface area contributed by atoms with Gasteiger partial charge in [-0.05, 0) is 17.6 Å². The lowest BCUT2D eigenvalue weighted by molar-refractivity contribution is -0.618. The molecule has 2 N–H and O–H groups in total. The molecule has 0 bridgehead atoms. The number of benzene rings is 1. The summed E-state index contributed by atoms with van der Waals surface area (Å²) >= 11 is 0. The molecule has 1 aliphatic rings. The Balaban J connectivity index is 0.00000144. The van der Waals surface area contributed by atoms with E-state index in [1.54, 1.807) is 0 Å². The van der Waals surface area contributed by atoms with Crippen molar-refractivity contribution in [1.29, 1.82) is 0 Å². The van der Waals surface area contributed by atoms with Crippen LogP contribution in [0, 0.1) is 0 Å². The second-order valence-electron chi connectivity index (χ2n) is 4.06. The predicted octanol–water partition coefficient (Wildman–Crippen LogP) is -0.846. The monoisotopic (exact) mass is 247 g/mol.